The smallest absolute Gasteiger partial charge is 0.0587 e. The summed E-state index contributed by atoms with van der Waals surface area (Å²) in [7, 11) is 3.54. The first-order valence-corrected chi connectivity index (χ1v) is 6.07. The Morgan fingerprint density at radius 3 is 2.53 bits per heavy atom. The fourth-order valence-corrected chi connectivity index (χ4v) is 2.47. The fourth-order valence-electron chi connectivity index (χ4n) is 2.47. The molecule has 1 aliphatic carbocycles. The highest BCUT2D eigenvalue weighted by Gasteiger charge is 2.24. The molecule has 3 heteroatoms. The molecule has 0 saturated heterocycles. The van der Waals surface area contributed by atoms with Crippen molar-refractivity contribution in [2.24, 2.45) is 11.8 Å². The molecule has 0 radical (unpaired) electrons. The van der Waals surface area contributed by atoms with E-state index >= 15 is 0 Å². The number of hydrogen-bond donors (Lipinski definition) is 1. The summed E-state index contributed by atoms with van der Waals surface area (Å²) in [6, 6.07) is 0. The predicted octanol–water partition coefficient (Wildman–Crippen LogP) is 1.68. The average Bonchev–Trinajstić information content (AvgIpc) is 2.76. The van der Waals surface area contributed by atoms with Gasteiger partial charge in [-0.2, -0.15) is 0 Å². The van der Waals surface area contributed by atoms with Gasteiger partial charge in [-0.1, -0.05) is 25.7 Å². The Kier molecular flexibility index (Phi) is 6.98. The van der Waals surface area contributed by atoms with Crippen LogP contribution in [-0.4, -0.2) is 40.5 Å². The summed E-state index contributed by atoms with van der Waals surface area (Å²) in [4.78, 5) is 0. The van der Waals surface area contributed by atoms with Crippen molar-refractivity contribution in [2.75, 3.05) is 40.5 Å². The van der Waals surface area contributed by atoms with Crippen LogP contribution in [0.2, 0.25) is 0 Å². The van der Waals surface area contributed by atoms with Crippen LogP contribution in [0.25, 0.3) is 0 Å². The Morgan fingerprint density at radius 1 is 1.20 bits per heavy atom. The first-order chi connectivity index (χ1) is 7.38. The minimum absolute atomic E-state index is 0.689. The van der Waals surface area contributed by atoms with E-state index in [0.717, 1.165) is 32.2 Å². The van der Waals surface area contributed by atoms with Crippen molar-refractivity contribution in [1.82, 2.24) is 5.32 Å². The van der Waals surface area contributed by atoms with E-state index in [0.29, 0.717) is 5.92 Å². The second-order valence-corrected chi connectivity index (χ2v) is 4.46. The molecule has 90 valence electrons. The van der Waals surface area contributed by atoms with Crippen LogP contribution in [-0.2, 0) is 9.47 Å². The van der Waals surface area contributed by atoms with Crippen LogP contribution < -0.4 is 5.32 Å². The van der Waals surface area contributed by atoms with E-state index in [1.54, 1.807) is 14.2 Å². The molecule has 3 nitrogen and oxygen atoms in total. The zero-order valence-electron chi connectivity index (χ0n) is 10.1. The molecule has 0 spiro atoms. The molecular weight excluding hydrogens is 190 g/mol. The molecule has 0 aromatic carbocycles. The lowest BCUT2D eigenvalue weighted by molar-refractivity contribution is 0.117. The van der Waals surface area contributed by atoms with Gasteiger partial charge in [0, 0.05) is 27.3 Å². The van der Waals surface area contributed by atoms with E-state index < -0.39 is 0 Å². The number of rotatable bonds is 8. The van der Waals surface area contributed by atoms with Crippen molar-refractivity contribution in [1.29, 1.82) is 0 Å². The summed E-state index contributed by atoms with van der Waals surface area (Å²) in [5.41, 5.74) is 0. The second-order valence-electron chi connectivity index (χ2n) is 4.46. The minimum atomic E-state index is 0.689. The van der Waals surface area contributed by atoms with Crippen molar-refractivity contribution in [3.63, 3.8) is 0 Å². The zero-order valence-corrected chi connectivity index (χ0v) is 10.1. The fraction of sp³-hybridized carbons (Fsp3) is 1.00. The maximum atomic E-state index is 5.30. The maximum absolute atomic E-state index is 5.30. The molecule has 0 aromatic rings. The van der Waals surface area contributed by atoms with Crippen LogP contribution in [0, 0.1) is 11.8 Å². The highest BCUT2D eigenvalue weighted by atomic mass is 16.5. The van der Waals surface area contributed by atoms with E-state index in [1.807, 2.05) is 0 Å². The van der Waals surface area contributed by atoms with Crippen LogP contribution in [0.15, 0.2) is 0 Å². The van der Waals surface area contributed by atoms with Gasteiger partial charge in [0.2, 0.25) is 0 Å². The van der Waals surface area contributed by atoms with E-state index in [1.165, 1.54) is 25.7 Å². The maximum Gasteiger partial charge on any atom is 0.0587 e. The monoisotopic (exact) mass is 215 g/mol. The summed E-state index contributed by atoms with van der Waals surface area (Å²) in [6.45, 7) is 3.71. The van der Waals surface area contributed by atoms with E-state index in [4.69, 9.17) is 9.47 Å². The van der Waals surface area contributed by atoms with Crippen molar-refractivity contribution in [3.8, 4) is 0 Å². The normalized spacial score (nSPS) is 19.6. The summed E-state index contributed by atoms with van der Waals surface area (Å²) in [5.74, 6) is 1.56. The summed E-state index contributed by atoms with van der Waals surface area (Å²) < 4.78 is 10.3. The van der Waals surface area contributed by atoms with Gasteiger partial charge in [0.15, 0.2) is 0 Å². The molecule has 0 aliphatic heterocycles. The van der Waals surface area contributed by atoms with Crippen LogP contribution >= 0.6 is 0 Å². The van der Waals surface area contributed by atoms with Gasteiger partial charge in [-0.15, -0.1) is 0 Å². The van der Waals surface area contributed by atoms with Gasteiger partial charge in [0.1, 0.15) is 0 Å². The van der Waals surface area contributed by atoms with Gasteiger partial charge in [-0.05, 0) is 11.8 Å². The number of methoxy groups -OCH3 is 2. The summed E-state index contributed by atoms with van der Waals surface area (Å²) in [6.07, 6.45) is 5.59. The molecule has 0 amide bonds. The van der Waals surface area contributed by atoms with Crippen molar-refractivity contribution >= 4 is 0 Å². The summed E-state index contributed by atoms with van der Waals surface area (Å²) in [5, 5.41) is 3.44. The first kappa shape index (κ1) is 12.9. The van der Waals surface area contributed by atoms with E-state index in [-0.39, 0.29) is 0 Å². The second kappa shape index (κ2) is 8.08. The standard InChI is InChI=1S/C12H25NO2/c1-14-8-7-13-9-12(10-15-2)11-5-3-4-6-11/h11-13H,3-10H2,1-2H3. The van der Waals surface area contributed by atoms with Crippen LogP contribution in [0.5, 0.6) is 0 Å². The molecule has 1 N–H and O–H groups in total. The van der Waals surface area contributed by atoms with Crippen molar-refractivity contribution in [2.45, 2.75) is 25.7 Å². The minimum Gasteiger partial charge on any atom is -0.384 e. The van der Waals surface area contributed by atoms with Crippen molar-refractivity contribution in [3.05, 3.63) is 0 Å². The Balaban J connectivity index is 2.17. The zero-order chi connectivity index (χ0) is 10.9. The molecule has 15 heavy (non-hydrogen) atoms. The Morgan fingerprint density at radius 2 is 1.93 bits per heavy atom. The molecule has 1 aliphatic rings. The molecular formula is C12H25NO2. The quantitative estimate of drug-likeness (QED) is 0.625. The van der Waals surface area contributed by atoms with Gasteiger partial charge in [-0.25, -0.2) is 0 Å². The Hall–Kier alpha value is -0.120. The van der Waals surface area contributed by atoms with Gasteiger partial charge in [0.25, 0.3) is 0 Å². The average molecular weight is 215 g/mol. The predicted molar refractivity (Wildman–Crippen MR) is 62.1 cm³/mol. The molecule has 0 bridgehead atoms. The lowest BCUT2D eigenvalue weighted by Crippen LogP contribution is -2.32. The van der Waals surface area contributed by atoms with Gasteiger partial charge < -0.3 is 14.8 Å². The largest absolute Gasteiger partial charge is 0.384 e. The molecule has 1 unspecified atom stereocenters. The number of hydrogen-bond acceptors (Lipinski definition) is 3. The molecule has 0 aromatic heterocycles. The van der Waals surface area contributed by atoms with E-state index in [9.17, 15) is 0 Å². The van der Waals surface area contributed by atoms with Gasteiger partial charge in [-0.3, -0.25) is 0 Å². The number of ether oxygens (including phenoxy) is 2. The molecule has 1 atom stereocenters. The molecule has 0 heterocycles. The van der Waals surface area contributed by atoms with Crippen LogP contribution in [0.3, 0.4) is 0 Å². The summed E-state index contributed by atoms with van der Waals surface area (Å²) >= 11 is 0. The first-order valence-electron chi connectivity index (χ1n) is 6.07. The SMILES string of the molecule is COCCNCC(COC)C1CCCC1. The topological polar surface area (TPSA) is 30.5 Å². The number of nitrogens with one attached hydrogen (secondary N) is 1. The van der Waals surface area contributed by atoms with Gasteiger partial charge >= 0.3 is 0 Å². The van der Waals surface area contributed by atoms with E-state index in [2.05, 4.69) is 5.32 Å². The Bertz CT molecular complexity index is 147. The highest BCUT2D eigenvalue weighted by Crippen LogP contribution is 2.31. The molecule has 1 rings (SSSR count). The lowest BCUT2D eigenvalue weighted by Gasteiger charge is -2.23. The molecule has 1 saturated carbocycles. The third kappa shape index (κ3) is 4.96. The highest BCUT2D eigenvalue weighted by molar-refractivity contribution is 4.76. The third-order valence-corrected chi connectivity index (χ3v) is 3.34. The van der Waals surface area contributed by atoms with Crippen LogP contribution in [0.4, 0.5) is 0 Å². The van der Waals surface area contributed by atoms with Crippen LogP contribution in [0.1, 0.15) is 25.7 Å². The lowest BCUT2D eigenvalue weighted by atomic mass is 9.91. The third-order valence-electron chi connectivity index (χ3n) is 3.34. The van der Waals surface area contributed by atoms with Crippen molar-refractivity contribution < 1.29 is 9.47 Å². The molecule has 1 fully saturated rings. The Labute approximate surface area is 93.5 Å². The van der Waals surface area contributed by atoms with Gasteiger partial charge in [0.05, 0.1) is 13.2 Å².